The Labute approximate surface area is 152 Å². The Balaban J connectivity index is 2.46. The van der Waals surface area contributed by atoms with Gasteiger partial charge in [0, 0.05) is 10.2 Å². The lowest BCUT2D eigenvalue weighted by molar-refractivity contribution is -0.143. The lowest BCUT2D eigenvalue weighted by atomic mass is 10.1. The largest absolute Gasteiger partial charge is 0.496 e. The predicted molar refractivity (Wildman–Crippen MR) is 85.1 cm³/mol. The molecule has 2 rings (SSSR count). The average molecular weight is 442 g/mol. The molecule has 1 amide bonds. The lowest BCUT2D eigenvalue weighted by Gasteiger charge is -2.15. The van der Waals surface area contributed by atoms with Crippen LogP contribution in [0.1, 0.15) is 21.5 Å². The molecule has 0 heterocycles. The van der Waals surface area contributed by atoms with Crippen molar-refractivity contribution in [3.63, 3.8) is 0 Å². The maximum absolute atomic E-state index is 12.9. The summed E-state index contributed by atoms with van der Waals surface area (Å²) in [5.74, 6) is -0.815. The van der Waals surface area contributed by atoms with Crippen molar-refractivity contribution in [2.24, 2.45) is 0 Å². The maximum Gasteiger partial charge on any atom is 0.416 e. The highest BCUT2D eigenvalue weighted by Gasteiger charge is 2.37. The highest BCUT2D eigenvalue weighted by Crippen LogP contribution is 2.37. The second-order valence-electron chi connectivity index (χ2n) is 5.09. The number of hydrogen-bond acceptors (Lipinski definition) is 2. The minimum Gasteiger partial charge on any atom is -0.496 e. The number of benzene rings is 2. The summed E-state index contributed by atoms with van der Waals surface area (Å²) in [6.07, 6.45) is -10.0. The normalized spacial score (nSPS) is 12.0. The van der Waals surface area contributed by atoms with Crippen LogP contribution in [0.4, 0.5) is 32.0 Å². The monoisotopic (exact) mass is 441 g/mol. The second-order valence-corrected chi connectivity index (χ2v) is 6.01. The molecule has 0 aliphatic carbocycles. The van der Waals surface area contributed by atoms with E-state index in [2.05, 4.69) is 15.9 Å². The molecule has 0 aromatic heterocycles. The van der Waals surface area contributed by atoms with Gasteiger partial charge in [0.15, 0.2) is 0 Å². The van der Waals surface area contributed by atoms with Gasteiger partial charge in [-0.25, -0.2) is 0 Å². The van der Waals surface area contributed by atoms with Crippen LogP contribution in [-0.4, -0.2) is 13.0 Å². The number of carbonyl (C=O) groups excluding carboxylic acids is 1. The van der Waals surface area contributed by atoms with Gasteiger partial charge in [-0.1, -0.05) is 15.9 Å². The van der Waals surface area contributed by atoms with Crippen LogP contribution in [0.2, 0.25) is 0 Å². The van der Waals surface area contributed by atoms with Gasteiger partial charge in [-0.05, 0) is 36.4 Å². The van der Waals surface area contributed by atoms with Gasteiger partial charge in [0.2, 0.25) is 0 Å². The number of hydrogen-bond donors (Lipinski definition) is 1. The summed E-state index contributed by atoms with van der Waals surface area (Å²) in [6.45, 7) is 0. The zero-order valence-electron chi connectivity index (χ0n) is 12.9. The van der Waals surface area contributed by atoms with Crippen molar-refractivity contribution in [1.82, 2.24) is 0 Å². The summed E-state index contributed by atoms with van der Waals surface area (Å²) >= 11 is 3.12. The van der Waals surface area contributed by atoms with Crippen molar-refractivity contribution in [3.8, 4) is 5.75 Å². The van der Waals surface area contributed by atoms with Crippen molar-refractivity contribution < 1.29 is 35.9 Å². The SMILES string of the molecule is COc1ccc(Br)cc1C(=O)Nc1cc(C(F)(F)F)cc(C(F)(F)F)c1. The molecule has 0 aliphatic heterocycles. The smallest absolute Gasteiger partial charge is 0.416 e. The Morgan fingerprint density at radius 1 is 0.962 bits per heavy atom. The zero-order valence-corrected chi connectivity index (χ0v) is 14.5. The van der Waals surface area contributed by atoms with Gasteiger partial charge < -0.3 is 10.1 Å². The molecule has 0 radical (unpaired) electrons. The van der Waals surface area contributed by atoms with Crippen LogP contribution in [0, 0.1) is 0 Å². The fraction of sp³-hybridized carbons (Fsp3) is 0.188. The van der Waals surface area contributed by atoms with Crippen LogP contribution in [0.5, 0.6) is 5.75 Å². The molecule has 0 unspecified atom stereocenters. The van der Waals surface area contributed by atoms with Gasteiger partial charge in [-0.15, -0.1) is 0 Å². The minimum atomic E-state index is -5.01. The third kappa shape index (κ3) is 4.69. The molecule has 0 saturated carbocycles. The van der Waals surface area contributed by atoms with E-state index in [9.17, 15) is 31.1 Å². The first-order valence-electron chi connectivity index (χ1n) is 6.86. The van der Waals surface area contributed by atoms with Crippen LogP contribution >= 0.6 is 15.9 Å². The molecule has 2 aromatic carbocycles. The van der Waals surface area contributed by atoms with Crippen molar-refractivity contribution in [2.45, 2.75) is 12.4 Å². The quantitative estimate of drug-likeness (QED) is 0.616. The number of nitrogens with one attached hydrogen (secondary N) is 1. The Morgan fingerprint density at radius 2 is 1.50 bits per heavy atom. The van der Waals surface area contributed by atoms with Gasteiger partial charge in [-0.3, -0.25) is 4.79 Å². The standard InChI is InChI=1S/C16H10BrF6NO2/c1-26-13-3-2-10(17)7-12(13)14(25)24-11-5-8(15(18,19)20)4-9(6-11)16(21,22)23/h2-7H,1H3,(H,24,25). The fourth-order valence-electron chi connectivity index (χ4n) is 2.08. The molecule has 0 aliphatic rings. The van der Waals surface area contributed by atoms with Crippen LogP contribution in [0.25, 0.3) is 0 Å². The zero-order chi connectivity index (χ0) is 19.7. The van der Waals surface area contributed by atoms with Gasteiger partial charge in [-0.2, -0.15) is 26.3 Å². The third-order valence-electron chi connectivity index (χ3n) is 3.25. The van der Waals surface area contributed by atoms with Gasteiger partial charge >= 0.3 is 12.4 Å². The second kappa shape index (κ2) is 7.18. The number of alkyl halides is 6. The third-order valence-corrected chi connectivity index (χ3v) is 3.74. The number of halogens is 7. The topological polar surface area (TPSA) is 38.3 Å². The first-order valence-corrected chi connectivity index (χ1v) is 7.65. The van der Waals surface area contributed by atoms with Crippen molar-refractivity contribution in [3.05, 3.63) is 57.6 Å². The fourth-order valence-corrected chi connectivity index (χ4v) is 2.44. The lowest BCUT2D eigenvalue weighted by Crippen LogP contribution is -2.16. The van der Waals surface area contributed by atoms with E-state index in [1.54, 1.807) is 6.07 Å². The number of rotatable bonds is 3. The first kappa shape index (κ1) is 20.1. The summed E-state index contributed by atoms with van der Waals surface area (Å²) in [7, 11) is 1.27. The molecule has 0 bridgehead atoms. The van der Waals surface area contributed by atoms with E-state index in [1.165, 1.54) is 19.2 Å². The first-order chi connectivity index (χ1) is 11.9. The minimum absolute atomic E-state index is 0.0185. The van der Waals surface area contributed by atoms with Crippen LogP contribution in [0.15, 0.2) is 40.9 Å². The van der Waals surface area contributed by atoms with E-state index in [-0.39, 0.29) is 17.4 Å². The van der Waals surface area contributed by atoms with E-state index < -0.39 is 35.1 Å². The summed E-state index contributed by atoms with van der Waals surface area (Å²) in [5.41, 5.74) is -3.75. The van der Waals surface area contributed by atoms with Crippen LogP contribution < -0.4 is 10.1 Å². The average Bonchev–Trinajstić information content (AvgIpc) is 2.52. The Hall–Kier alpha value is -2.23. The number of carbonyl (C=O) groups is 1. The number of amides is 1. The molecule has 26 heavy (non-hydrogen) atoms. The molecule has 140 valence electrons. The molecular formula is C16H10BrF6NO2. The molecular weight excluding hydrogens is 432 g/mol. The Kier molecular flexibility index (Phi) is 5.55. The molecule has 10 heteroatoms. The van der Waals surface area contributed by atoms with E-state index in [4.69, 9.17) is 4.74 Å². The maximum atomic E-state index is 12.9. The number of methoxy groups -OCH3 is 1. The van der Waals surface area contributed by atoms with E-state index >= 15 is 0 Å². The van der Waals surface area contributed by atoms with E-state index in [1.807, 2.05) is 5.32 Å². The predicted octanol–water partition coefficient (Wildman–Crippen LogP) is 5.75. The molecule has 0 fully saturated rings. The van der Waals surface area contributed by atoms with Gasteiger partial charge in [0.25, 0.3) is 5.91 Å². The highest BCUT2D eigenvalue weighted by molar-refractivity contribution is 9.10. The van der Waals surface area contributed by atoms with Gasteiger partial charge in [0.1, 0.15) is 5.75 Å². The summed E-state index contributed by atoms with van der Waals surface area (Å²) in [4.78, 5) is 12.3. The molecule has 0 atom stereocenters. The van der Waals surface area contributed by atoms with Crippen molar-refractivity contribution in [2.75, 3.05) is 12.4 Å². The molecule has 0 spiro atoms. The Bertz CT molecular complexity index is 800. The van der Waals surface area contributed by atoms with Crippen molar-refractivity contribution >= 4 is 27.5 Å². The van der Waals surface area contributed by atoms with E-state index in [0.29, 0.717) is 16.6 Å². The molecule has 1 N–H and O–H groups in total. The highest BCUT2D eigenvalue weighted by atomic mass is 79.9. The summed E-state index contributed by atoms with van der Waals surface area (Å²) in [5, 5.41) is 2.05. The molecule has 0 saturated heterocycles. The van der Waals surface area contributed by atoms with Gasteiger partial charge in [0.05, 0.1) is 23.8 Å². The summed E-state index contributed by atoms with van der Waals surface area (Å²) < 4.78 is 82.6. The van der Waals surface area contributed by atoms with E-state index in [0.717, 1.165) is 0 Å². The summed E-state index contributed by atoms with van der Waals surface area (Å²) in [6, 6.07) is 5.14. The number of ether oxygens (including phenoxy) is 1. The molecule has 2 aromatic rings. The van der Waals surface area contributed by atoms with Crippen molar-refractivity contribution in [1.29, 1.82) is 0 Å². The van der Waals surface area contributed by atoms with Crippen LogP contribution in [-0.2, 0) is 12.4 Å². The van der Waals surface area contributed by atoms with Crippen LogP contribution in [0.3, 0.4) is 0 Å². The molecule has 3 nitrogen and oxygen atoms in total. The Morgan fingerprint density at radius 3 is 1.96 bits per heavy atom. The number of anilines is 1.